The molecule has 0 aromatic rings. The highest BCUT2D eigenvalue weighted by Crippen LogP contribution is 2.30. The summed E-state index contributed by atoms with van der Waals surface area (Å²) in [6, 6.07) is 0. The van der Waals surface area contributed by atoms with Gasteiger partial charge in [-0.05, 0) is 49.9 Å². The van der Waals surface area contributed by atoms with Gasteiger partial charge in [0.1, 0.15) is 12.1 Å². The number of rotatable bonds is 4. The molecule has 0 aromatic heterocycles. The van der Waals surface area contributed by atoms with Gasteiger partial charge in [0.05, 0.1) is 0 Å². The summed E-state index contributed by atoms with van der Waals surface area (Å²) in [6.07, 6.45) is 6.59. The van der Waals surface area contributed by atoms with Crippen molar-refractivity contribution in [2.45, 2.75) is 39.7 Å². The highest BCUT2D eigenvalue weighted by atomic mass is 79.9. The van der Waals surface area contributed by atoms with Crippen molar-refractivity contribution in [1.29, 1.82) is 0 Å². The van der Waals surface area contributed by atoms with Crippen molar-refractivity contribution >= 4 is 21.9 Å². The number of ether oxygens (including phenoxy) is 1. The minimum atomic E-state index is -0.457. The second-order valence-corrected chi connectivity index (χ2v) is 6.63. The zero-order valence-corrected chi connectivity index (χ0v) is 13.7. The fraction of sp³-hybridized carbons (Fsp3) is 0.533. The Bertz CT molecular complexity index is 418. The number of halogens is 1. The van der Waals surface area contributed by atoms with E-state index in [-0.39, 0.29) is 12.5 Å². The van der Waals surface area contributed by atoms with Gasteiger partial charge < -0.3 is 9.64 Å². The number of hydrogen-bond donors (Lipinski definition) is 0. The summed E-state index contributed by atoms with van der Waals surface area (Å²) in [6.45, 7) is 11.7. The first kappa shape index (κ1) is 16.0. The fourth-order valence-electron chi connectivity index (χ4n) is 1.83. The first-order valence-electron chi connectivity index (χ1n) is 6.40. The lowest BCUT2D eigenvalue weighted by Gasteiger charge is -2.28. The van der Waals surface area contributed by atoms with E-state index < -0.39 is 5.60 Å². The molecule has 0 amide bonds. The Morgan fingerprint density at radius 1 is 1.58 bits per heavy atom. The van der Waals surface area contributed by atoms with E-state index >= 15 is 0 Å². The van der Waals surface area contributed by atoms with Crippen LogP contribution in [0.1, 0.15) is 34.1 Å². The molecule has 1 aliphatic rings. The molecule has 0 aliphatic heterocycles. The van der Waals surface area contributed by atoms with Crippen LogP contribution >= 0.6 is 15.9 Å². The maximum atomic E-state index is 11.9. The fourth-order valence-corrected chi connectivity index (χ4v) is 2.12. The third-order valence-corrected chi connectivity index (χ3v) is 3.78. The molecule has 1 aliphatic carbocycles. The van der Waals surface area contributed by atoms with Crippen LogP contribution in [0.25, 0.3) is 0 Å². The molecule has 0 heterocycles. The van der Waals surface area contributed by atoms with E-state index in [4.69, 9.17) is 4.74 Å². The van der Waals surface area contributed by atoms with Crippen molar-refractivity contribution in [3.05, 3.63) is 35.1 Å². The average Bonchev–Trinajstić information content (AvgIpc) is 2.27. The van der Waals surface area contributed by atoms with Crippen molar-refractivity contribution in [2.75, 3.05) is 6.54 Å². The molecule has 4 heteroatoms. The highest BCUT2D eigenvalue weighted by molar-refractivity contribution is 9.11. The topological polar surface area (TPSA) is 29.5 Å². The van der Waals surface area contributed by atoms with Gasteiger partial charge >= 0.3 is 5.97 Å². The molecule has 3 nitrogen and oxygen atoms in total. The Hall–Kier alpha value is -1.03. The Morgan fingerprint density at radius 2 is 2.21 bits per heavy atom. The Labute approximate surface area is 124 Å². The van der Waals surface area contributed by atoms with Crippen molar-refractivity contribution in [3.63, 3.8) is 0 Å². The van der Waals surface area contributed by atoms with Crippen molar-refractivity contribution in [3.8, 4) is 0 Å². The molecular formula is C15H22BrNO2. The molecular weight excluding hydrogens is 306 g/mol. The summed E-state index contributed by atoms with van der Waals surface area (Å²) < 4.78 is 6.51. The summed E-state index contributed by atoms with van der Waals surface area (Å²) >= 11 is 3.52. The second kappa shape index (κ2) is 6.42. The molecule has 0 spiro atoms. The Morgan fingerprint density at radius 3 is 2.68 bits per heavy atom. The normalized spacial score (nSPS) is 19.3. The largest absolute Gasteiger partial charge is 0.459 e. The lowest BCUT2D eigenvalue weighted by molar-refractivity contribution is -0.155. The molecule has 0 aromatic carbocycles. The first-order valence-corrected chi connectivity index (χ1v) is 7.19. The third-order valence-electron chi connectivity index (χ3n) is 2.73. The predicted octanol–water partition coefficient (Wildman–Crippen LogP) is 3.98. The molecule has 1 atom stereocenters. The Balaban J connectivity index is 2.70. The van der Waals surface area contributed by atoms with Gasteiger partial charge in [0, 0.05) is 5.70 Å². The SMILES string of the molecule is C=CN(CC(=O)OC(C)(C)C)C1=CC=C(Br)C(C)C1. The van der Waals surface area contributed by atoms with E-state index in [1.165, 1.54) is 4.48 Å². The van der Waals surface area contributed by atoms with Crippen molar-refractivity contribution in [1.82, 2.24) is 4.90 Å². The summed E-state index contributed by atoms with van der Waals surface area (Å²) in [5.41, 5.74) is 0.623. The number of carbonyl (C=O) groups is 1. The molecule has 1 unspecified atom stereocenters. The molecule has 0 fully saturated rings. The minimum Gasteiger partial charge on any atom is -0.459 e. The van der Waals surface area contributed by atoms with Gasteiger partial charge in [-0.15, -0.1) is 0 Å². The third kappa shape index (κ3) is 5.23. The average molecular weight is 328 g/mol. The molecule has 19 heavy (non-hydrogen) atoms. The smallest absolute Gasteiger partial charge is 0.326 e. The lowest BCUT2D eigenvalue weighted by atomic mass is 9.99. The van der Waals surface area contributed by atoms with Crippen molar-refractivity contribution in [2.24, 2.45) is 5.92 Å². The van der Waals surface area contributed by atoms with Crippen LogP contribution in [0.2, 0.25) is 0 Å². The first-order chi connectivity index (χ1) is 8.73. The predicted molar refractivity (Wildman–Crippen MR) is 81.6 cm³/mol. The van der Waals surface area contributed by atoms with Crippen LogP contribution in [0.4, 0.5) is 0 Å². The number of nitrogens with zero attached hydrogens (tertiary/aromatic N) is 1. The molecule has 0 saturated carbocycles. The summed E-state index contributed by atoms with van der Waals surface area (Å²) in [7, 11) is 0. The maximum absolute atomic E-state index is 11.9. The van der Waals surface area contributed by atoms with Crippen LogP contribution in [0.3, 0.4) is 0 Å². The van der Waals surface area contributed by atoms with Crippen LogP contribution in [0.15, 0.2) is 35.1 Å². The number of carbonyl (C=O) groups excluding carboxylic acids is 1. The van der Waals surface area contributed by atoms with Gasteiger partial charge in [0.25, 0.3) is 0 Å². The molecule has 106 valence electrons. The summed E-state index contributed by atoms with van der Waals surface area (Å²) in [5.74, 6) is 0.177. The monoisotopic (exact) mass is 327 g/mol. The van der Waals surface area contributed by atoms with Gasteiger partial charge in [-0.1, -0.05) is 35.5 Å². The van der Waals surface area contributed by atoms with E-state index in [0.717, 1.165) is 12.1 Å². The molecule has 0 N–H and O–H groups in total. The summed E-state index contributed by atoms with van der Waals surface area (Å²) in [4.78, 5) is 13.7. The Kier molecular flexibility index (Phi) is 5.41. The minimum absolute atomic E-state index is 0.199. The quantitative estimate of drug-likeness (QED) is 0.731. The number of hydrogen-bond acceptors (Lipinski definition) is 3. The van der Waals surface area contributed by atoms with Gasteiger partial charge in [0.2, 0.25) is 0 Å². The van der Waals surface area contributed by atoms with Crippen LogP contribution in [0.5, 0.6) is 0 Å². The van der Waals surface area contributed by atoms with Gasteiger partial charge in [-0.25, -0.2) is 0 Å². The zero-order valence-electron chi connectivity index (χ0n) is 12.1. The summed E-state index contributed by atoms with van der Waals surface area (Å²) in [5, 5.41) is 0. The van der Waals surface area contributed by atoms with Gasteiger partial charge in [-0.2, -0.15) is 0 Å². The number of esters is 1. The van der Waals surface area contributed by atoms with Crippen molar-refractivity contribution < 1.29 is 9.53 Å². The highest BCUT2D eigenvalue weighted by Gasteiger charge is 2.21. The maximum Gasteiger partial charge on any atom is 0.326 e. The van der Waals surface area contributed by atoms with Crippen LogP contribution in [-0.4, -0.2) is 23.0 Å². The van der Waals surface area contributed by atoms with E-state index in [1.807, 2.05) is 37.8 Å². The second-order valence-electron chi connectivity index (χ2n) is 5.71. The molecule has 1 rings (SSSR count). The van der Waals surface area contributed by atoms with E-state index in [2.05, 4.69) is 29.4 Å². The van der Waals surface area contributed by atoms with Gasteiger partial charge in [0.15, 0.2) is 0 Å². The van der Waals surface area contributed by atoms with Crippen LogP contribution in [-0.2, 0) is 9.53 Å². The molecule has 0 saturated heterocycles. The molecule has 0 bridgehead atoms. The van der Waals surface area contributed by atoms with Crippen LogP contribution in [0, 0.1) is 5.92 Å². The van der Waals surface area contributed by atoms with Crippen LogP contribution < -0.4 is 0 Å². The van der Waals surface area contributed by atoms with E-state index in [9.17, 15) is 4.79 Å². The zero-order chi connectivity index (χ0) is 14.6. The number of allylic oxidation sites excluding steroid dienone is 4. The van der Waals surface area contributed by atoms with E-state index in [1.54, 1.807) is 6.20 Å². The van der Waals surface area contributed by atoms with Gasteiger partial charge in [-0.3, -0.25) is 4.79 Å². The standard InChI is InChI=1S/C15H22BrNO2/c1-6-17(10-14(18)19-15(3,4)5)12-7-8-13(16)11(2)9-12/h6-8,11H,1,9-10H2,2-5H3. The lowest BCUT2D eigenvalue weighted by Crippen LogP contribution is -2.32. The molecule has 0 radical (unpaired) electrons. The van der Waals surface area contributed by atoms with E-state index in [0.29, 0.717) is 5.92 Å².